The maximum atomic E-state index is 12.9. The largest absolute Gasteiger partial charge is 0.457 e. The molecule has 0 spiro atoms. The summed E-state index contributed by atoms with van der Waals surface area (Å²) in [7, 11) is -3.60. The quantitative estimate of drug-likeness (QED) is 0.418. The van der Waals surface area contributed by atoms with Crippen LogP contribution in [-0.4, -0.2) is 31.7 Å². The van der Waals surface area contributed by atoms with Gasteiger partial charge in [-0.3, -0.25) is 4.79 Å². The van der Waals surface area contributed by atoms with Gasteiger partial charge in [-0.15, -0.1) is 0 Å². The van der Waals surface area contributed by atoms with Gasteiger partial charge in [0.2, 0.25) is 15.9 Å². The van der Waals surface area contributed by atoms with Crippen molar-refractivity contribution in [3.05, 3.63) is 88.4 Å². The van der Waals surface area contributed by atoms with E-state index < -0.39 is 10.0 Å². The number of para-hydroxylation sites is 1. The number of ether oxygens (including phenoxy) is 1. The van der Waals surface area contributed by atoms with Gasteiger partial charge in [-0.1, -0.05) is 47.5 Å². The van der Waals surface area contributed by atoms with Crippen molar-refractivity contribution in [3.63, 3.8) is 0 Å². The second-order valence-electron chi connectivity index (χ2n) is 8.06. The molecule has 1 amide bonds. The molecule has 0 unspecified atom stereocenters. The number of amides is 1. The first-order valence-corrected chi connectivity index (χ1v) is 13.2. The van der Waals surface area contributed by atoms with Crippen LogP contribution >= 0.6 is 23.2 Å². The van der Waals surface area contributed by atoms with Gasteiger partial charge < -0.3 is 10.1 Å². The number of halogens is 2. The summed E-state index contributed by atoms with van der Waals surface area (Å²) in [6, 6.07) is 21.5. The van der Waals surface area contributed by atoms with Gasteiger partial charge in [-0.05, 0) is 61.4 Å². The third-order valence-corrected chi connectivity index (χ3v) is 8.22. The number of rotatable bonds is 7. The third-order valence-electron chi connectivity index (χ3n) is 5.71. The molecule has 34 heavy (non-hydrogen) atoms. The highest BCUT2D eigenvalue weighted by atomic mass is 35.5. The van der Waals surface area contributed by atoms with E-state index in [1.807, 2.05) is 30.3 Å². The molecule has 0 bridgehead atoms. The molecule has 1 aliphatic heterocycles. The first-order valence-electron chi connectivity index (χ1n) is 10.9. The topological polar surface area (TPSA) is 75.7 Å². The Bertz CT molecular complexity index is 1220. The summed E-state index contributed by atoms with van der Waals surface area (Å²) in [5.74, 6) is 0.748. The van der Waals surface area contributed by atoms with E-state index in [9.17, 15) is 13.2 Å². The monoisotopic (exact) mass is 518 g/mol. The summed E-state index contributed by atoms with van der Waals surface area (Å²) in [5.41, 5.74) is 1.05. The minimum absolute atomic E-state index is 0.122. The Kier molecular flexibility index (Phi) is 7.78. The Balaban J connectivity index is 1.30. The van der Waals surface area contributed by atoms with Crippen LogP contribution in [0.1, 0.15) is 18.4 Å². The van der Waals surface area contributed by atoms with Gasteiger partial charge in [0.1, 0.15) is 11.5 Å². The summed E-state index contributed by atoms with van der Waals surface area (Å²) in [6.07, 6.45) is 0.882. The summed E-state index contributed by atoms with van der Waals surface area (Å²) in [4.78, 5) is 12.7. The number of hydrogen-bond donors (Lipinski definition) is 1. The minimum Gasteiger partial charge on any atom is -0.457 e. The van der Waals surface area contributed by atoms with E-state index in [2.05, 4.69) is 5.32 Å². The fourth-order valence-electron chi connectivity index (χ4n) is 3.82. The number of nitrogens with zero attached hydrogens (tertiary/aromatic N) is 1. The number of nitrogens with one attached hydrogen (secondary N) is 1. The zero-order valence-electron chi connectivity index (χ0n) is 18.3. The van der Waals surface area contributed by atoms with Crippen molar-refractivity contribution in [1.82, 2.24) is 4.31 Å². The number of benzene rings is 3. The molecule has 4 rings (SSSR count). The highest BCUT2D eigenvalue weighted by molar-refractivity contribution is 7.88. The lowest BCUT2D eigenvalue weighted by atomic mass is 9.97. The zero-order valence-corrected chi connectivity index (χ0v) is 20.6. The first kappa shape index (κ1) is 24.5. The molecule has 3 aromatic rings. The standard InChI is InChI=1S/C25H24Cl2N2O4S/c26-23-7-4-8-24(27)22(23)17-34(31,32)29-15-13-18(14-16-29)25(30)28-19-9-11-21(12-10-19)33-20-5-2-1-3-6-20/h1-12,18H,13-17H2,(H,28,30). The van der Waals surface area contributed by atoms with Crippen LogP contribution in [-0.2, 0) is 20.6 Å². The smallest absolute Gasteiger partial charge is 0.227 e. The SMILES string of the molecule is O=C(Nc1ccc(Oc2ccccc2)cc1)C1CCN(S(=O)(=O)Cc2c(Cl)cccc2Cl)CC1. The second-order valence-corrected chi connectivity index (χ2v) is 10.8. The molecule has 178 valence electrons. The van der Waals surface area contributed by atoms with Gasteiger partial charge in [0, 0.05) is 40.3 Å². The van der Waals surface area contributed by atoms with E-state index in [-0.39, 0.29) is 30.7 Å². The number of carbonyl (C=O) groups is 1. The van der Waals surface area contributed by atoms with Gasteiger partial charge in [0.05, 0.1) is 5.75 Å². The summed E-state index contributed by atoms with van der Waals surface area (Å²) in [6.45, 7) is 0.540. The summed E-state index contributed by atoms with van der Waals surface area (Å²) >= 11 is 12.3. The number of hydrogen-bond acceptors (Lipinski definition) is 4. The van der Waals surface area contributed by atoms with Gasteiger partial charge >= 0.3 is 0 Å². The molecule has 0 radical (unpaired) electrons. The van der Waals surface area contributed by atoms with Gasteiger partial charge in [-0.25, -0.2) is 12.7 Å². The fourth-order valence-corrected chi connectivity index (χ4v) is 6.13. The van der Waals surface area contributed by atoms with Crippen molar-refractivity contribution in [2.45, 2.75) is 18.6 Å². The van der Waals surface area contributed by atoms with Crippen LogP contribution in [0.25, 0.3) is 0 Å². The lowest BCUT2D eigenvalue weighted by Gasteiger charge is -2.30. The summed E-state index contributed by atoms with van der Waals surface area (Å²) in [5, 5.41) is 3.56. The van der Waals surface area contributed by atoms with Gasteiger partial charge in [0.15, 0.2) is 0 Å². The molecular formula is C25H24Cl2N2O4S. The average molecular weight is 519 g/mol. The van der Waals surface area contributed by atoms with Gasteiger partial charge in [0.25, 0.3) is 0 Å². The molecule has 9 heteroatoms. The molecule has 6 nitrogen and oxygen atoms in total. The number of carbonyl (C=O) groups excluding carboxylic acids is 1. The maximum Gasteiger partial charge on any atom is 0.227 e. The van der Waals surface area contributed by atoms with E-state index in [0.717, 1.165) is 5.75 Å². The molecule has 1 N–H and O–H groups in total. The van der Waals surface area contributed by atoms with Crippen molar-refractivity contribution < 1.29 is 17.9 Å². The molecule has 1 heterocycles. The van der Waals surface area contributed by atoms with Crippen LogP contribution in [0, 0.1) is 5.92 Å². The number of piperidine rings is 1. The van der Waals surface area contributed by atoms with E-state index in [1.165, 1.54) is 4.31 Å². The molecule has 1 aliphatic rings. The van der Waals surface area contributed by atoms with Crippen molar-refractivity contribution in [3.8, 4) is 11.5 Å². The molecule has 0 aliphatic carbocycles. The summed E-state index contributed by atoms with van der Waals surface area (Å²) < 4.78 is 32.9. The Hall–Kier alpha value is -2.58. The van der Waals surface area contributed by atoms with Crippen LogP contribution in [0.2, 0.25) is 10.0 Å². The van der Waals surface area contributed by atoms with Crippen molar-refractivity contribution >= 4 is 44.8 Å². The first-order chi connectivity index (χ1) is 16.3. The number of anilines is 1. The molecule has 0 aromatic heterocycles. The Morgan fingerprint density at radius 1 is 0.882 bits per heavy atom. The maximum absolute atomic E-state index is 12.9. The molecule has 3 aromatic carbocycles. The highest BCUT2D eigenvalue weighted by Gasteiger charge is 2.32. The highest BCUT2D eigenvalue weighted by Crippen LogP contribution is 2.29. The molecule has 0 atom stereocenters. The van der Waals surface area contributed by atoms with Crippen LogP contribution < -0.4 is 10.1 Å². The molecule has 1 saturated heterocycles. The van der Waals surface area contributed by atoms with Crippen LogP contribution in [0.5, 0.6) is 11.5 Å². The van der Waals surface area contributed by atoms with E-state index in [4.69, 9.17) is 27.9 Å². The van der Waals surface area contributed by atoms with Crippen molar-refractivity contribution in [1.29, 1.82) is 0 Å². The van der Waals surface area contributed by atoms with Crippen LogP contribution in [0.3, 0.4) is 0 Å². The second kappa shape index (κ2) is 10.8. The van der Waals surface area contributed by atoms with Gasteiger partial charge in [-0.2, -0.15) is 0 Å². The molecule has 1 fully saturated rings. The van der Waals surface area contributed by atoms with E-state index >= 15 is 0 Å². The lowest BCUT2D eigenvalue weighted by molar-refractivity contribution is -0.120. The van der Waals surface area contributed by atoms with Crippen LogP contribution in [0.15, 0.2) is 72.8 Å². The normalized spacial score (nSPS) is 15.1. The number of sulfonamides is 1. The molecular weight excluding hydrogens is 495 g/mol. The Morgan fingerprint density at radius 2 is 1.47 bits per heavy atom. The Morgan fingerprint density at radius 3 is 2.09 bits per heavy atom. The van der Waals surface area contributed by atoms with Crippen LogP contribution in [0.4, 0.5) is 5.69 Å². The third kappa shape index (κ3) is 6.10. The Labute approximate surface area is 209 Å². The lowest BCUT2D eigenvalue weighted by Crippen LogP contribution is -2.41. The van der Waals surface area contributed by atoms with E-state index in [1.54, 1.807) is 42.5 Å². The predicted octanol–water partition coefficient (Wildman–Crippen LogP) is 5.97. The average Bonchev–Trinajstić information content (AvgIpc) is 2.83. The fraction of sp³-hybridized carbons (Fsp3) is 0.240. The van der Waals surface area contributed by atoms with Crippen molar-refractivity contribution in [2.75, 3.05) is 18.4 Å². The predicted molar refractivity (Wildman–Crippen MR) is 135 cm³/mol. The van der Waals surface area contributed by atoms with E-state index in [0.29, 0.717) is 39.9 Å². The minimum atomic E-state index is -3.60. The zero-order chi connectivity index (χ0) is 24.1. The van der Waals surface area contributed by atoms with Crippen molar-refractivity contribution in [2.24, 2.45) is 5.92 Å². The molecule has 0 saturated carbocycles.